The molecule has 0 unspecified atom stereocenters. The van der Waals surface area contributed by atoms with E-state index in [0.29, 0.717) is 5.82 Å². The van der Waals surface area contributed by atoms with Crippen LogP contribution in [0.5, 0.6) is 0 Å². The fourth-order valence-electron chi connectivity index (χ4n) is 0.972. The van der Waals surface area contributed by atoms with E-state index in [-0.39, 0.29) is 0 Å². The maximum atomic E-state index is 4.24. The fraction of sp³-hybridized carbons (Fsp3) is 0.125. The van der Waals surface area contributed by atoms with Gasteiger partial charge in [-0.15, -0.1) is 0 Å². The molecule has 0 spiro atoms. The summed E-state index contributed by atoms with van der Waals surface area (Å²) in [6.45, 7) is 0. The van der Waals surface area contributed by atoms with Crippen LogP contribution < -0.4 is 0 Å². The molecule has 72 valence electrons. The van der Waals surface area contributed by atoms with E-state index in [1.54, 1.807) is 11.7 Å². The van der Waals surface area contributed by atoms with E-state index in [4.69, 9.17) is 0 Å². The van der Waals surface area contributed by atoms with Gasteiger partial charge in [0.1, 0.15) is 5.51 Å². The SMILES string of the molecule is BrC(Br)(c1ccccn1)c1ncsn1. The number of alkyl halides is 2. The van der Waals surface area contributed by atoms with Crippen LogP contribution in [-0.2, 0) is 3.23 Å². The lowest BCUT2D eigenvalue weighted by atomic mass is 10.2. The van der Waals surface area contributed by atoms with E-state index in [2.05, 4.69) is 46.2 Å². The standard InChI is InChI=1S/C8H5Br2N3S/c9-8(10,7-12-5-14-13-7)6-3-1-2-4-11-6/h1-5H. The van der Waals surface area contributed by atoms with Crippen LogP contribution in [0.4, 0.5) is 0 Å². The third-order valence-corrected chi connectivity index (χ3v) is 3.63. The van der Waals surface area contributed by atoms with Gasteiger partial charge in [0.15, 0.2) is 9.06 Å². The van der Waals surface area contributed by atoms with Gasteiger partial charge in [0, 0.05) is 6.20 Å². The summed E-state index contributed by atoms with van der Waals surface area (Å²) < 4.78 is 3.58. The Morgan fingerprint density at radius 2 is 2.07 bits per heavy atom. The Labute approximate surface area is 102 Å². The highest BCUT2D eigenvalue weighted by molar-refractivity contribution is 9.25. The van der Waals surface area contributed by atoms with Crippen LogP contribution in [0.25, 0.3) is 0 Å². The van der Waals surface area contributed by atoms with Crippen LogP contribution in [0.1, 0.15) is 11.5 Å². The Kier molecular flexibility index (Phi) is 2.94. The molecule has 2 rings (SSSR count). The summed E-state index contributed by atoms with van der Waals surface area (Å²) in [6.07, 6.45) is 1.74. The smallest absolute Gasteiger partial charge is 0.182 e. The highest BCUT2D eigenvalue weighted by atomic mass is 79.9. The first-order chi connectivity index (χ1) is 6.71. The summed E-state index contributed by atoms with van der Waals surface area (Å²) in [6, 6.07) is 5.70. The van der Waals surface area contributed by atoms with Crippen LogP contribution in [0.15, 0.2) is 29.9 Å². The monoisotopic (exact) mass is 333 g/mol. The molecule has 0 fully saturated rings. The number of hydrogen-bond acceptors (Lipinski definition) is 4. The van der Waals surface area contributed by atoms with Crippen molar-refractivity contribution in [1.82, 2.24) is 14.3 Å². The second kappa shape index (κ2) is 4.04. The van der Waals surface area contributed by atoms with Gasteiger partial charge in [-0.05, 0) is 23.7 Å². The van der Waals surface area contributed by atoms with E-state index in [9.17, 15) is 0 Å². The molecule has 2 aromatic heterocycles. The lowest BCUT2D eigenvalue weighted by molar-refractivity contribution is 0.936. The van der Waals surface area contributed by atoms with Gasteiger partial charge in [-0.25, -0.2) is 4.98 Å². The molecule has 0 saturated heterocycles. The van der Waals surface area contributed by atoms with Crippen LogP contribution in [0.2, 0.25) is 0 Å². The summed E-state index contributed by atoms with van der Waals surface area (Å²) in [7, 11) is 0. The first kappa shape index (κ1) is 10.2. The molecule has 6 heteroatoms. The van der Waals surface area contributed by atoms with Gasteiger partial charge in [-0.3, -0.25) is 4.98 Å². The van der Waals surface area contributed by atoms with Crippen molar-refractivity contribution in [1.29, 1.82) is 0 Å². The summed E-state index contributed by atoms with van der Waals surface area (Å²) in [5.74, 6) is 0.668. The minimum atomic E-state index is -0.582. The second-order valence-electron chi connectivity index (χ2n) is 2.54. The molecule has 14 heavy (non-hydrogen) atoms. The Morgan fingerprint density at radius 1 is 1.21 bits per heavy atom. The van der Waals surface area contributed by atoms with E-state index in [1.807, 2.05) is 18.2 Å². The highest BCUT2D eigenvalue weighted by Gasteiger charge is 2.32. The van der Waals surface area contributed by atoms with Crippen molar-refractivity contribution in [2.75, 3.05) is 0 Å². The summed E-state index contributed by atoms with van der Waals surface area (Å²) in [4.78, 5) is 8.38. The minimum absolute atomic E-state index is 0.582. The molecular formula is C8H5Br2N3S. The van der Waals surface area contributed by atoms with E-state index < -0.39 is 3.23 Å². The van der Waals surface area contributed by atoms with Crippen molar-refractivity contribution in [3.63, 3.8) is 0 Å². The maximum absolute atomic E-state index is 4.24. The number of pyridine rings is 1. The molecule has 0 aliphatic carbocycles. The van der Waals surface area contributed by atoms with Crippen molar-refractivity contribution >= 4 is 43.4 Å². The second-order valence-corrected chi connectivity index (χ2v) is 6.59. The predicted octanol–water partition coefficient (Wildman–Crippen LogP) is 2.92. The Balaban J connectivity index is 2.43. The molecule has 2 aromatic rings. The van der Waals surface area contributed by atoms with Gasteiger partial charge in [-0.1, -0.05) is 37.9 Å². The van der Waals surface area contributed by atoms with Crippen molar-refractivity contribution in [2.24, 2.45) is 0 Å². The van der Waals surface area contributed by atoms with Crippen molar-refractivity contribution in [2.45, 2.75) is 3.23 Å². The third kappa shape index (κ3) is 1.87. The lowest BCUT2D eigenvalue weighted by Crippen LogP contribution is -2.14. The molecule has 0 aromatic carbocycles. The molecule has 3 nitrogen and oxygen atoms in total. The molecule has 0 amide bonds. The first-order valence-electron chi connectivity index (χ1n) is 3.77. The van der Waals surface area contributed by atoms with Crippen LogP contribution >= 0.6 is 43.4 Å². The largest absolute Gasteiger partial charge is 0.258 e. The van der Waals surface area contributed by atoms with Gasteiger partial charge >= 0.3 is 0 Å². The zero-order valence-corrected chi connectivity index (χ0v) is 10.9. The zero-order chi connectivity index (χ0) is 10.0. The third-order valence-electron chi connectivity index (χ3n) is 1.63. The van der Waals surface area contributed by atoms with Crippen molar-refractivity contribution in [3.05, 3.63) is 41.4 Å². The number of halogens is 2. The van der Waals surface area contributed by atoms with Gasteiger partial charge < -0.3 is 0 Å². The Bertz CT molecular complexity index is 402. The molecule has 0 aliphatic heterocycles. The number of rotatable bonds is 2. The van der Waals surface area contributed by atoms with Crippen LogP contribution in [-0.4, -0.2) is 14.3 Å². The average molecular weight is 335 g/mol. The number of hydrogen-bond donors (Lipinski definition) is 0. The molecule has 0 atom stereocenters. The number of aromatic nitrogens is 3. The minimum Gasteiger partial charge on any atom is -0.258 e. The van der Waals surface area contributed by atoms with E-state index in [0.717, 1.165) is 5.69 Å². The van der Waals surface area contributed by atoms with Gasteiger partial charge in [-0.2, -0.15) is 4.37 Å². The first-order valence-corrected chi connectivity index (χ1v) is 6.19. The Hall–Kier alpha value is -0.330. The van der Waals surface area contributed by atoms with E-state index >= 15 is 0 Å². The van der Waals surface area contributed by atoms with Crippen molar-refractivity contribution < 1.29 is 0 Å². The maximum Gasteiger partial charge on any atom is 0.182 e. The summed E-state index contributed by atoms with van der Waals surface area (Å²) >= 11 is 8.34. The molecule has 0 saturated carbocycles. The normalized spacial score (nSPS) is 11.6. The molecule has 0 radical (unpaired) electrons. The molecule has 0 bridgehead atoms. The highest BCUT2D eigenvalue weighted by Crippen LogP contribution is 2.41. The quantitative estimate of drug-likeness (QED) is 0.793. The summed E-state index contributed by atoms with van der Waals surface area (Å²) in [5, 5.41) is 0. The lowest BCUT2D eigenvalue weighted by Gasteiger charge is -2.15. The molecule has 2 heterocycles. The average Bonchev–Trinajstić information content (AvgIpc) is 2.72. The topological polar surface area (TPSA) is 38.7 Å². The van der Waals surface area contributed by atoms with Crippen LogP contribution in [0.3, 0.4) is 0 Å². The summed E-state index contributed by atoms with van der Waals surface area (Å²) in [5.41, 5.74) is 2.52. The van der Waals surface area contributed by atoms with Gasteiger partial charge in [0.2, 0.25) is 0 Å². The fourth-order valence-corrected chi connectivity index (χ4v) is 2.54. The molecule has 0 N–H and O–H groups in total. The van der Waals surface area contributed by atoms with Crippen molar-refractivity contribution in [3.8, 4) is 0 Å². The van der Waals surface area contributed by atoms with Gasteiger partial charge in [0.25, 0.3) is 0 Å². The molecular weight excluding hydrogens is 330 g/mol. The van der Waals surface area contributed by atoms with Gasteiger partial charge in [0.05, 0.1) is 5.69 Å². The van der Waals surface area contributed by atoms with Crippen LogP contribution in [0, 0.1) is 0 Å². The zero-order valence-electron chi connectivity index (χ0n) is 6.89. The van der Waals surface area contributed by atoms with E-state index in [1.165, 1.54) is 11.5 Å². The molecule has 0 aliphatic rings. The predicted molar refractivity (Wildman–Crippen MR) is 62.8 cm³/mol. The Morgan fingerprint density at radius 3 is 2.64 bits per heavy atom. The number of nitrogens with zero attached hydrogens (tertiary/aromatic N) is 3.